The molecule has 204 valence electrons. The SMILES string of the molecule is C[C@H](CCC(=O)NCC(=O)[O-])[C@@H]1CC[C@@H]2[C@@H]3[C@H](O)C[C@@H]4C[C@H](O)CC[C@]4(C)[C@@H]3C[C@H](O)[C@@]21C.O.O.[Na+]. The van der Waals surface area contributed by atoms with Gasteiger partial charge >= 0.3 is 29.6 Å². The second kappa shape index (κ2) is 12.7. The largest absolute Gasteiger partial charge is 1.00 e. The van der Waals surface area contributed by atoms with Crippen molar-refractivity contribution < 1.29 is 70.5 Å². The number of carbonyl (C=O) groups excluding carboxylic acids is 2. The normalized spacial score (nSPS) is 43.7. The molecule has 0 bridgehead atoms. The Morgan fingerprint density at radius 2 is 1.69 bits per heavy atom. The van der Waals surface area contributed by atoms with E-state index >= 15 is 0 Å². The number of nitrogens with one attached hydrogen (secondary N) is 1. The van der Waals surface area contributed by atoms with Gasteiger partial charge in [-0.05, 0) is 97.7 Å². The Bertz CT molecular complexity index is 770. The molecular formula is C26H46NNaO8. The van der Waals surface area contributed by atoms with Crippen LogP contribution < -0.4 is 40.0 Å². The van der Waals surface area contributed by atoms with E-state index in [-0.39, 0.29) is 105 Å². The van der Waals surface area contributed by atoms with Crippen LogP contribution >= 0.6 is 0 Å². The minimum absolute atomic E-state index is 0. The fourth-order valence-corrected chi connectivity index (χ4v) is 8.95. The number of aliphatic carboxylic acids is 1. The quantitative estimate of drug-likeness (QED) is 0.262. The molecule has 4 saturated carbocycles. The van der Waals surface area contributed by atoms with Crippen molar-refractivity contribution in [1.29, 1.82) is 0 Å². The third-order valence-corrected chi connectivity index (χ3v) is 10.8. The van der Waals surface area contributed by atoms with Gasteiger partial charge in [-0.1, -0.05) is 20.8 Å². The van der Waals surface area contributed by atoms with Crippen LogP contribution in [0.2, 0.25) is 0 Å². The predicted octanol–water partition coefficient (Wildman–Crippen LogP) is -3.42. The molecule has 0 unspecified atom stereocenters. The molecule has 0 spiro atoms. The Hall–Kier alpha value is -0.260. The maximum Gasteiger partial charge on any atom is 1.00 e. The Balaban J connectivity index is 0.00000216. The van der Waals surface area contributed by atoms with Gasteiger partial charge in [-0.15, -0.1) is 0 Å². The predicted molar refractivity (Wildman–Crippen MR) is 128 cm³/mol. The van der Waals surface area contributed by atoms with Crippen LogP contribution in [0.3, 0.4) is 0 Å². The van der Waals surface area contributed by atoms with Crippen molar-refractivity contribution >= 4 is 11.9 Å². The Morgan fingerprint density at radius 1 is 1.03 bits per heavy atom. The smallest absolute Gasteiger partial charge is 0.548 e. The van der Waals surface area contributed by atoms with Gasteiger partial charge in [0.25, 0.3) is 0 Å². The van der Waals surface area contributed by atoms with Crippen molar-refractivity contribution in [2.45, 2.75) is 96.9 Å². The number of carboxylic acids is 1. The molecule has 0 aromatic rings. The first-order valence-corrected chi connectivity index (χ1v) is 13.0. The van der Waals surface area contributed by atoms with Crippen LogP contribution in [0.15, 0.2) is 0 Å². The van der Waals surface area contributed by atoms with Crippen molar-refractivity contribution in [3.8, 4) is 0 Å². The zero-order valence-electron chi connectivity index (χ0n) is 22.3. The zero-order valence-corrected chi connectivity index (χ0v) is 24.3. The van der Waals surface area contributed by atoms with Gasteiger partial charge in [-0.2, -0.15) is 0 Å². The summed E-state index contributed by atoms with van der Waals surface area (Å²) in [5.41, 5.74) is -0.230. The van der Waals surface area contributed by atoms with Gasteiger partial charge in [0.1, 0.15) is 0 Å². The fourth-order valence-electron chi connectivity index (χ4n) is 8.95. The van der Waals surface area contributed by atoms with Crippen molar-refractivity contribution in [3.63, 3.8) is 0 Å². The number of hydrogen-bond donors (Lipinski definition) is 4. The van der Waals surface area contributed by atoms with E-state index in [0.29, 0.717) is 18.8 Å². The van der Waals surface area contributed by atoms with E-state index in [1.165, 1.54) is 0 Å². The average Bonchev–Trinajstić information content (AvgIpc) is 3.11. The second-order valence-electron chi connectivity index (χ2n) is 12.2. The first-order valence-electron chi connectivity index (χ1n) is 13.0. The summed E-state index contributed by atoms with van der Waals surface area (Å²) in [6.45, 7) is 6.21. The zero-order chi connectivity index (χ0) is 24.1. The van der Waals surface area contributed by atoms with E-state index in [9.17, 15) is 30.0 Å². The minimum atomic E-state index is -1.29. The van der Waals surface area contributed by atoms with Crippen LogP contribution in [-0.2, 0) is 9.59 Å². The molecule has 36 heavy (non-hydrogen) atoms. The van der Waals surface area contributed by atoms with Crippen LogP contribution in [0.1, 0.15) is 78.6 Å². The molecule has 0 aromatic carbocycles. The summed E-state index contributed by atoms with van der Waals surface area (Å²) in [5, 5.41) is 46.1. The molecule has 0 saturated heterocycles. The summed E-state index contributed by atoms with van der Waals surface area (Å²) in [4.78, 5) is 22.6. The molecule has 0 aliphatic heterocycles. The molecule has 0 aromatic heterocycles. The standard InChI is InChI=1S/C26H43NO6.Na.2H2O/c1-14(4-7-22(31)27-13-23(32)33)17-5-6-18-24-19(12-21(30)26(17,18)3)25(2)9-8-16(28)10-15(25)11-20(24)29;;;/h14-21,24,28-30H,4-13H2,1-3H3,(H,27,31)(H,32,33);;2*1H2/q;+1;;/p-1/t14-,15+,16-,17+,18-,19-,20-,21+,24+,25+,26-;;;/m1.../s1. The molecule has 11 atom stereocenters. The number of amides is 1. The van der Waals surface area contributed by atoms with E-state index in [1.54, 1.807) is 0 Å². The van der Waals surface area contributed by atoms with Gasteiger partial charge in [0.05, 0.1) is 30.8 Å². The van der Waals surface area contributed by atoms with Gasteiger partial charge in [0.2, 0.25) is 5.91 Å². The van der Waals surface area contributed by atoms with Crippen LogP contribution in [0.5, 0.6) is 0 Å². The Morgan fingerprint density at radius 3 is 2.33 bits per heavy atom. The molecule has 10 heteroatoms. The van der Waals surface area contributed by atoms with Crippen LogP contribution in [0.25, 0.3) is 0 Å². The van der Waals surface area contributed by atoms with Gasteiger partial charge in [0, 0.05) is 6.42 Å². The number of hydrogen-bond acceptors (Lipinski definition) is 6. The van der Waals surface area contributed by atoms with Crippen molar-refractivity contribution in [2.24, 2.45) is 46.3 Å². The molecule has 9 nitrogen and oxygen atoms in total. The third-order valence-electron chi connectivity index (χ3n) is 10.8. The van der Waals surface area contributed by atoms with E-state index in [0.717, 1.165) is 38.5 Å². The van der Waals surface area contributed by atoms with E-state index < -0.39 is 18.6 Å². The van der Waals surface area contributed by atoms with Crippen LogP contribution in [-0.4, -0.2) is 63.0 Å². The van der Waals surface area contributed by atoms with Gasteiger partial charge in [0.15, 0.2) is 0 Å². The second-order valence-corrected chi connectivity index (χ2v) is 12.2. The maximum absolute atomic E-state index is 12.0. The monoisotopic (exact) mass is 523 g/mol. The van der Waals surface area contributed by atoms with Crippen molar-refractivity contribution in [3.05, 3.63) is 0 Å². The minimum Gasteiger partial charge on any atom is -0.548 e. The number of aliphatic hydroxyl groups excluding tert-OH is 3. The number of aliphatic hydroxyl groups is 3. The molecule has 4 aliphatic rings. The molecule has 8 N–H and O–H groups in total. The third kappa shape index (κ3) is 5.83. The summed E-state index contributed by atoms with van der Waals surface area (Å²) < 4.78 is 0. The topological polar surface area (TPSA) is 193 Å². The van der Waals surface area contributed by atoms with Gasteiger partial charge < -0.3 is 41.5 Å². The molecule has 4 rings (SSSR count). The van der Waals surface area contributed by atoms with Crippen LogP contribution in [0, 0.1) is 46.3 Å². The van der Waals surface area contributed by atoms with Gasteiger partial charge in [-0.25, -0.2) is 0 Å². The molecule has 4 aliphatic carbocycles. The van der Waals surface area contributed by atoms with E-state index in [4.69, 9.17) is 0 Å². The number of rotatable bonds is 6. The Kier molecular flexibility index (Phi) is 11.9. The molecule has 0 radical (unpaired) electrons. The molecule has 4 fully saturated rings. The number of fused-ring (bicyclic) bond motifs is 5. The molecule has 1 amide bonds. The van der Waals surface area contributed by atoms with Crippen LogP contribution in [0.4, 0.5) is 0 Å². The Labute approximate surface area is 236 Å². The van der Waals surface area contributed by atoms with Crippen molar-refractivity contribution in [2.75, 3.05) is 6.54 Å². The first kappa shape index (κ1) is 33.8. The molecule has 0 heterocycles. The summed E-state index contributed by atoms with van der Waals surface area (Å²) in [5.74, 6) is -0.0789. The van der Waals surface area contributed by atoms with E-state index in [2.05, 4.69) is 26.1 Å². The van der Waals surface area contributed by atoms with E-state index in [1.807, 2.05) is 0 Å². The molecular weight excluding hydrogens is 477 g/mol. The maximum atomic E-state index is 12.0. The first-order chi connectivity index (χ1) is 15.5. The summed E-state index contributed by atoms with van der Waals surface area (Å²) in [6, 6.07) is 0. The summed E-state index contributed by atoms with van der Waals surface area (Å²) >= 11 is 0. The summed E-state index contributed by atoms with van der Waals surface area (Å²) in [7, 11) is 0. The fraction of sp³-hybridized carbons (Fsp3) is 0.923. The number of carboxylic acid groups (broad SMARTS) is 1. The summed E-state index contributed by atoms with van der Waals surface area (Å²) in [6.07, 6.45) is 5.75. The van der Waals surface area contributed by atoms with Crippen molar-refractivity contribution in [1.82, 2.24) is 5.32 Å². The number of carbonyl (C=O) groups is 2. The van der Waals surface area contributed by atoms with Gasteiger partial charge in [-0.3, -0.25) is 4.79 Å². The average molecular weight is 524 g/mol.